The smallest absolute Gasteiger partial charge is 0.263 e. The number of nitrogens with zero attached hydrogens (tertiary/aromatic N) is 1. The van der Waals surface area contributed by atoms with E-state index in [1.54, 1.807) is 48.5 Å². The molecule has 0 saturated heterocycles. The van der Waals surface area contributed by atoms with Crippen LogP contribution in [-0.2, 0) is 0 Å². The summed E-state index contributed by atoms with van der Waals surface area (Å²) < 4.78 is 14.5. The molecule has 4 rings (SSSR count). The van der Waals surface area contributed by atoms with Gasteiger partial charge in [0.2, 0.25) is 0 Å². The molecule has 0 aliphatic rings. The largest absolute Gasteiger partial charge is 0.384 e. The van der Waals surface area contributed by atoms with Crippen LogP contribution >= 0.6 is 0 Å². The maximum Gasteiger partial charge on any atom is 0.263 e. The Bertz CT molecular complexity index is 1180. The molecule has 138 valence electrons. The zero-order chi connectivity index (χ0) is 19.7. The maximum absolute atomic E-state index is 13.2. The number of halogens is 1. The van der Waals surface area contributed by atoms with Gasteiger partial charge >= 0.3 is 0 Å². The lowest BCUT2D eigenvalue weighted by Crippen LogP contribution is -2.18. The molecular formula is C22H16FN3O2. The van der Waals surface area contributed by atoms with Gasteiger partial charge in [0.1, 0.15) is 11.6 Å². The van der Waals surface area contributed by atoms with Crippen LogP contribution in [0.5, 0.6) is 0 Å². The molecule has 6 heteroatoms. The third-order valence-corrected chi connectivity index (χ3v) is 4.46. The van der Waals surface area contributed by atoms with E-state index >= 15 is 0 Å². The molecule has 1 heterocycles. The fraction of sp³-hybridized carbons (Fsp3) is 0. The molecule has 0 aliphatic heterocycles. The summed E-state index contributed by atoms with van der Waals surface area (Å²) in [6.07, 6.45) is 0. The Morgan fingerprint density at radius 2 is 1.50 bits per heavy atom. The summed E-state index contributed by atoms with van der Waals surface area (Å²) in [4.78, 5) is 25.9. The quantitative estimate of drug-likeness (QED) is 0.562. The lowest BCUT2D eigenvalue weighted by Gasteiger charge is -2.08. The first-order valence-corrected chi connectivity index (χ1v) is 8.62. The highest BCUT2D eigenvalue weighted by Gasteiger charge is 2.24. The molecule has 3 aromatic carbocycles. The number of amides is 1. The van der Waals surface area contributed by atoms with E-state index in [-0.39, 0.29) is 16.9 Å². The zero-order valence-electron chi connectivity index (χ0n) is 14.7. The number of nitrogens with one attached hydrogen (secondary N) is 1. The van der Waals surface area contributed by atoms with E-state index in [2.05, 4.69) is 5.32 Å². The highest BCUT2D eigenvalue weighted by molar-refractivity contribution is 6.19. The summed E-state index contributed by atoms with van der Waals surface area (Å²) in [5, 5.41) is 3.36. The van der Waals surface area contributed by atoms with Gasteiger partial charge in [-0.25, -0.2) is 4.39 Å². The number of fused-ring (bicyclic) bond motifs is 1. The molecule has 0 unspecified atom stereocenters. The van der Waals surface area contributed by atoms with Gasteiger partial charge in [0.05, 0.1) is 11.1 Å². The van der Waals surface area contributed by atoms with Gasteiger partial charge in [0, 0.05) is 16.6 Å². The van der Waals surface area contributed by atoms with Crippen molar-refractivity contribution in [3.63, 3.8) is 0 Å². The lowest BCUT2D eigenvalue weighted by molar-refractivity contribution is 0.0967. The number of carbonyl (C=O) groups is 2. The highest BCUT2D eigenvalue weighted by atomic mass is 19.1. The number of para-hydroxylation sites is 2. The first-order valence-electron chi connectivity index (χ1n) is 8.62. The van der Waals surface area contributed by atoms with E-state index in [1.807, 2.05) is 6.07 Å². The van der Waals surface area contributed by atoms with Gasteiger partial charge in [0.25, 0.3) is 11.8 Å². The Balaban J connectivity index is 1.83. The third-order valence-electron chi connectivity index (χ3n) is 4.46. The van der Waals surface area contributed by atoms with Crippen molar-refractivity contribution in [2.24, 2.45) is 0 Å². The number of hydrogen-bond donors (Lipinski definition) is 2. The molecule has 1 amide bonds. The summed E-state index contributed by atoms with van der Waals surface area (Å²) in [7, 11) is 0. The minimum absolute atomic E-state index is 0.0314. The molecule has 3 N–H and O–H groups in total. The average Bonchev–Trinajstić information content (AvgIpc) is 3.00. The summed E-state index contributed by atoms with van der Waals surface area (Å²) in [6, 6.07) is 21.1. The van der Waals surface area contributed by atoms with Gasteiger partial charge in [-0.2, -0.15) is 0 Å². The van der Waals surface area contributed by atoms with Gasteiger partial charge in [0.15, 0.2) is 0 Å². The van der Waals surface area contributed by atoms with Crippen molar-refractivity contribution in [1.82, 2.24) is 4.57 Å². The monoisotopic (exact) mass is 373 g/mol. The molecule has 28 heavy (non-hydrogen) atoms. The fourth-order valence-corrected chi connectivity index (χ4v) is 3.15. The van der Waals surface area contributed by atoms with Crippen molar-refractivity contribution in [1.29, 1.82) is 0 Å². The summed E-state index contributed by atoms with van der Waals surface area (Å²) in [6.45, 7) is 0. The van der Waals surface area contributed by atoms with Gasteiger partial charge in [-0.3, -0.25) is 14.2 Å². The van der Waals surface area contributed by atoms with E-state index in [1.165, 1.54) is 28.8 Å². The molecular weight excluding hydrogens is 357 g/mol. The lowest BCUT2D eigenvalue weighted by atomic mass is 10.1. The number of nitrogen functional groups attached to an aromatic ring is 1. The molecule has 4 aromatic rings. The van der Waals surface area contributed by atoms with Crippen LogP contribution in [0.15, 0.2) is 78.9 Å². The van der Waals surface area contributed by atoms with E-state index in [0.29, 0.717) is 16.6 Å². The molecule has 0 saturated carbocycles. The third kappa shape index (κ3) is 3.01. The number of hydrogen-bond acceptors (Lipinski definition) is 3. The summed E-state index contributed by atoms with van der Waals surface area (Å²) in [5.74, 6) is -1.26. The standard InChI is InChI=1S/C22H16FN3O2/c23-15-12-10-14(11-13-15)22(28)26-18-9-5-4-8-17(18)19(20(26)24)21(27)25-16-6-2-1-3-7-16/h1-13H,24H2,(H,25,27). The molecule has 0 aliphatic carbocycles. The minimum atomic E-state index is -0.440. The van der Waals surface area contributed by atoms with Crippen molar-refractivity contribution in [3.05, 3.63) is 95.8 Å². The molecule has 0 bridgehead atoms. The Morgan fingerprint density at radius 3 is 2.21 bits per heavy atom. The van der Waals surface area contributed by atoms with E-state index in [0.717, 1.165) is 0 Å². The minimum Gasteiger partial charge on any atom is -0.384 e. The number of rotatable bonds is 3. The molecule has 0 atom stereocenters. The number of aromatic nitrogens is 1. The first-order chi connectivity index (χ1) is 13.6. The number of nitrogens with two attached hydrogens (primary N) is 1. The van der Waals surface area contributed by atoms with E-state index < -0.39 is 17.6 Å². The van der Waals surface area contributed by atoms with Crippen LogP contribution in [0.4, 0.5) is 15.9 Å². The van der Waals surface area contributed by atoms with Crippen LogP contribution in [-0.4, -0.2) is 16.4 Å². The highest BCUT2D eigenvalue weighted by Crippen LogP contribution is 2.30. The number of anilines is 2. The van der Waals surface area contributed by atoms with Crippen LogP contribution in [0, 0.1) is 5.82 Å². The van der Waals surface area contributed by atoms with Crippen LogP contribution in [0.2, 0.25) is 0 Å². The first kappa shape index (κ1) is 17.5. The Kier molecular flexibility index (Phi) is 4.37. The molecule has 5 nitrogen and oxygen atoms in total. The molecule has 0 spiro atoms. The van der Waals surface area contributed by atoms with Gasteiger partial charge < -0.3 is 11.1 Å². The average molecular weight is 373 g/mol. The second-order valence-corrected chi connectivity index (χ2v) is 6.24. The van der Waals surface area contributed by atoms with Gasteiger partial charge in [-0.1, -0.05) is 36.4 Å². The molecule has 0 radical (unpaired) electrons. The Labute approximate surface area is 160 Å². The SMILES string of the molecule is Nc1c(C(=O)Nc2ccccc2)c2ccccc2n1C(=O)c1ccc(F)cc1. The normalized spacial score (nSPS) is 10.8. The predicted molar refractivity (Wildman–Crippen MR) is 107 cm³/mol. The maximum atomic E-state index is 13.2. The van der Waals surface area contributed by atoms with Crippen molar-refractivity contribution in [2.45, 2.75) is 0 Å². The Morgan fingerprint density at radius 1 is 0.857 bits per heavy atom. The predicted octanol–water partition coefficient (Wildman–Crippen LogP) is 4.30. The van der Waals surface area contributed by atoms with E-state index in [9.17, 15) is 14.0 Å². The van der Waals surface area contributed by atoms with Crippen molar-refractivity contribution >= 4 is 34.2 Å². The summed E-state index contributed by atoms with van der Waals surface area (Å²) in [5.41, 5.74) is 7.86. The van der Waals surface area contributed by atoms with Crippen LogP contribution < -0.4 is 11.1 Å². The van der Waals surface area contributed by atoms with Crippen LogP contribution in [0.3, 0.4) is 0 Å². The second kappa shape index (κ2) is 7.00. The van der Waals surface area contributed by atoms with Crippen molar-refractivity contribution in [2.75, 3.05) is 11.1 Å². The van der Waals surface area contributed by atoms with Crippen molar-refractivity contribution in [3.8, 4) is 0 Å². The fourth-order valence-electron chi connectivity index (χ4n) is 3.15. The number of carbonyl (C=O) groups excluding carboxylic acids is 2. The Hall–Kier alpha value is -3.93. The summed E-state index contributed by atoms with van der Waals surface area (Å²) >= 11 is 0. The van der Waals surface area contributed by atoms with E-state index in [4.69, 9.17) is 5.73 Å². The second-order valence-electron chi connectivity index (χ2n) is 6.24. The molecule has 1 aromatic heterocycles. The number of benzene rings is 3. The van der Waals surface area contributed by atoms with Gasteiger partial charge in [-0.15, -0.1) is 0 Å². The topological polar surface area (TPSA) is 77.1 Å². The van der Waals surface area contributed by atoms with Crippen LogP contribution in [0.1, 0.15) is 20.7 Å². The zero-order valence-corrected chi connectivity index (χ0v) is 14.7. The van der Waals surface area contributed by atoms with Gasteiger partial charge in [-0.05, 0) is 42.5 Å². The van der Waals surface area contributed by atoms with Crippen molar-refractivity contribution < 1.29 is 14.0 Å². The van der Waals surface area contributed by atoms with Crippen LogP contribution in [0.25, 0.3) is 10.9 Å². The molecule has 0 fully saturated rings.